The number of fused-ring (bicyclic) bond motifs is 1. The normalized spacial score (nSPS) is 10.8. The zero-order valence-electron chi connectivity index (χ0n) is 14.0. The average molecular weight is 366 g/mol. The lowest BCUT2D eigenvalue weighted by Gasteiger charge is -2.07. The Morgan fingerprint density at radius 2 is 1.77 bits per heavy atom. The van der Waals surface area contributed by atoms with E-state index in [1.807, 2.05) is 49.4 Å². The second kappa shape index (κ2) is 7.80. The number of rotatable bonds is 3. The van der Waals surface area contributed by atoms with E-state index in [2.05, 4.69) is 15.8 Å². The van der Waals surface area contributed by atoms with Gasteiger partial charge in [0.2, 0.25) is 0 Å². The minimum Gasteiger partial charge on any atom is -0.317 e. The van der Waals surface area contributed by atoms with Crippen molar-refractivity contribution in [1.82, 2.24) is 5.43 Å². The molecule has 2 amide bonds. The van der Waals surface area contributed by atoms with Gasteiger partial charge in [0.25, 0.3) is 0 Å². The zero-order chi connectivity index (χ0) is 18.5. The number of hydrazone groups is 1. The predicted molar refractivity (Wildman–Crippen MR) is 105 cm³/mol. The standard InChI is InChI=1S/C20H16ClN3O2/c1-13-9-10-16(21)11-18(13)23-19(25)20(26)24-22-12-15-7-4-6-14-5-2-3-8-17(14)15/h2-12H,1H3,(H,23,25)(H,24,26)/b22-12-. The Kier molecular flexibility index (Phi) is 5.29. The van der Waals surface area contributed by atoms with Crippen molar-refractivity contribution in [2.75, 3.05) is 5.32 Å². The van der Waals surface area contributed by atoms with Crippen molar-refractivity contribution in [2.24, 2.45) is 5.10 Å². The third kappa shape index (κ3) is 4.07. The highest BCUT2D eigenvalue weighted by Gasteiger charge is 2.14. The number of aryl methyl sites for hydroxylation is 1. The Bertz CT molecular complexity index is 1010. The summed E-state index contributed by atoms with van der Waals surface area (Å²) in [5.74, 6) is -1.67. The van der Waals surface area contributed by atoms with E-state index in [4.69, 9.17) is 11.6 Å². The van der Waals surface area contributed by atoms with Crippen LogP contribution in [0.15, 0.2) is 65.8 Å². The number of hydrogen-bond acceptors (Lipinski definition) is 3. The van der Waals surface area contributed by atoms with E-state index in [1.54, 1.807) is 18.2 Å². The number of carbonyl (C=O) groups is 2. The summed E-state index contributed by atoms with van der Waals surface area (Å²) in [6.45, 7) is 1.81. The number of nitrogens with one attached hydrogen (secondary N) is 2. The third-order valence-electron chi connectivity index (χ3n) is 3.85. The molecule has 130 valence electrons. The molecule has 3 rings (SSSR count). The van der Waals surface area contributed by atoms with Gasteiger partial charge in [-0.1, -0.05) is 60.1 Å². The van der Waals surface area contributed by atoms with Gasteiger partial charge in [0.05, 0.1) is 6.21 Å². The topological polar surface area (TPSA) is 70.6 Å². The molecule has 0 unspecified atom stereocenters. The van der Waals surface area contributed by atoms with E-state index < -0.39 is 11.8 Å². The van der Waals surface area contributed by atoms with Crippen LogP contribution in [0.2, 0.25) is 5.02 Å². The molecule has 0 spiro atoms. The van der Waals surface area contributed by atoms with Crippen molar-refractivity contribution >= 4 is 46.1 Å². The summed E-state index contributed by atoms with van der Waals surface area (Å²) in [4.78, 5) is 23.9. The van der Waals surface area contributed by atoms with Crippen LogP contribution < -0.4 is 10.7 Å². The molecule has 0 aliphatic rings. The van der Waals surface area contributed by atoms with Gasteiger partial charge in [-0.05, 0) is 35.4 Å². The molecule has 3 aromatic carbocycles. The highest BCUT2D eigenvalue weighted by Crippen LogP contribution is 2.20. The van der Waals surface area contributed by atoms with Crippen molar-refractivity contribution < 1.29 is 9.59 Å². The first-order valence-corrected chi connectivity index (χ1v) is 8.31. The lowest BCUT2D eigenvalue weighted by atomic mass is 10.1. The molecule has 0 saturated heterocycles. The smallest absolute Gasteiger partial charge is 0.317 e. The molecule has 3 aromatic rings. The number of halogens is 1. The molecule has 0 atom stereocenters. The second-order valence-corrected chi connectivity index (χ2v) is 6.12. The monoisotopic (exact) mass is 365 g/mol. The van der Waals surface area contributed by atoms with Gasteiger partial charge in [0.1, 0.15) is 0 Å². The lowest BCUT2D eigenvalue weighted by Crippen LogP contribution is -2.32. The van der Waals surface area contributed by atoms with Gasteiger partial charge in [-0.15, -0.1) is 0 Å². The molecule has 26 heavy (non-hydrogen) atoms. The van der Waals surface area contributed by atoms with Crippen molar-refractivity contribution in [1.29, 1.82) is 0 Å². The molecule has 2 N–H and O–H groups in total. The molecular formula is C20H16ClN3O2. The summed E-state index contributed by atoms with van der Waals surface area (Å²) in [5.41, 5.74) is 4.36. The lowest BCUT2D eigenvalue weighted by molar-refractivity contribution is -0.136. The van der Waals surface area contributed by atoms with Crippen molar-refractivity contribution in [3.8, 4) is 0 Å². The Labute approximate surface area is 155 Å². The summed E-state index contributed by atoms with van der Waals surface area (Å²) in [6.07, 6.45) is 1.51. The Morgan fingerprint density at radius 1 is 1.00 bits per heavy atom. The van der Waals surface area contributed by atoms with Gasteiger partial charge in [-0.3, -0.25) is 9.59 Å². The predicted octanol–water partition coefficient (Wildman–Crippen LogP) is 3.89. The van der Waals surface area contributed by atoms with Gasteiger partial charge in [0, 0.05) is 16.3 Å². The Hall–Kier alpha value is -3.18. The number of carbonyl (C=O) groups excluding carboxylic acids is 2. The molecule has 0 bridgehead atoms. The number of amides is 2. The maximum atomic E-state index is 12.0. The van der Waals surface area contributed by atoms with E-state index in [-0.39, 0.29) is 0 Å². The van der Waals surface area contributed by atoms with Crippen LogP contribution in [0.1, 0.15) is 11.1 Å². The van der Waals surface area contributed by atoms with Crippen LogP contribution >= 0.6 is 11.6 Å². The van der Waals surface area contributed by atoms with E-state index in [0.717, 1.165) is 21.9 Å². The third-order valence-corrected chi connectivity index (χ3v) is 4.08. The minimum atomic E-state index is -0.860. The number of anilines is 1. The van der Waals surface area contributed by atoms with Gasteiger partial charge >= 0.3 is 11.8 Å². The SMILES string of the molecule is Cc1ccc(Cl)cc1NC(=O)C(=O)N/N=C\c1cccc2ccccc12. The van der Waals surface area contributed by atoms with Crippen LogP contribution in [0.3, 0.4) is 0 Å². The molecule has 5 nitrogen and oxygen atoms in total. The fourth-order valence-electron chi connectivity index (χ4n) is 2.48. The van der Waals surface area contributed by atoms with Crippen molar-refractivity contribution in [3.05, 3.63) is 76.8 Å². The number of benzene rings is 3. The van der Waals surface area contributed by atoms with Crippen LogP contribution in [-0.2, 0) is 9.59 Å². The largest absolute Gasteiger partial charge is 0.329 e. The van der Waals surface area contributed by atoms with Crippen LogP contribution in [0.5, 0.6) is 0 Å². The van der Waals surface area contributed by atoms with Crippen LogP contribution in [-0.4, -0.2) is 18.0 Å². The maximum absolute atomic E-state index is 12.0. The fraction of sp³-hybridized carbons (Fsp3) is 0.0500. The fourth-order valence-corrected chi connectivity index (χ4v) is 2.65. The highest BCUT2D eigenvalue weighted by atomic mass is 35.5. The first-order chi connectivity index (χ1) is 12.5. The molecule has 0 radical (unpaired) electrons. The maximum Gasteiger partial charge on any atom is 0.329 e. The molecule has 6 heteroatoms. The first kappa shape index (κ1) is 17.6. The van der Waals surface area contributed by atoms with E-state index in [9.17, 15) is 9.59 Å². The zero-order valence-corrected chi connectivity index (χ0v) is 14.7. The molecule has 0 aromatic heterocycles. The Morgan fingerprint density at radius 3 is 2.62 bits per heavy atom. The van der Waals surface area contributed by atoms with E-state index in [1.165, 1.54) is 6.21 Å². The molecule has 0 fully saturated rings. The summed E-state index contributed by atoms with van der Waals surface area (Å²) >= 11 is 5.90. The summed E-state index contributed by atoms with van der Waals surface area (Å²) in [5, 5.41) is 8.95. The van der Waals surface area contributed by atoms with E-state index >= 15 is 0 Å². The minimum absolute atomic E-state index is 0.472. The summed E-state index contributed by atoms with van der Waals surface area (Å²) in [7, 11) is 0. The number of hydrogen-bond donors (Lipinski definition) is 2. The summed E-state index contributed by atoms with van der Waals surface area (Å²) < 4.78 is 0. The first-order valence-electron chi connectivity index (χ1n) is 7.93. The van der Waals surface area contributed by atoms with Crippen molar-refractivity contribution in [2.45, 2.75) is 6.92 Å². The van der Waals surface area contributed by atoms with Gasteiger partial charge in [-0.25, -0.2) is 5.43 Å². The molecule has 0 aliphatic heterocycles. The Balaban J connectivity index is 1.67. The highest BCUT2D eigenvalue weighted by molar-refractivity contribution is 6.40. The summed E-state index contributed by atoms with van der Waals surface area (Å²) in [6, 6.07) is 18.7. The van der Waals surface area contributed by atoms with Gasteiger partial charge < -0.3 is 5.32 Å². The molecule has 0 saturated carbocycles. The van der Waals surface area contributed by atoms with Crippen LogP contribution in [0.25, 0.3) is 10.8 Å². The quantitative estimate of drug-likeness (QED) is 0.420. The van der Waals surface area contributed by atoms with E-state index in [0.29, 0.717) is 10.7 Å². The molecule has 0 aliphatic carbocycles. The number of nitrogens with zero attached hydrogens (tertiary/aromatic N) is 1. The van der Waals surface area contributed by atoms with Crippen molar-refractivity contribution in [3.63, 3.8) is 0 Å². The van der Waals surface area contributed by atoms with Gasteiger partial charge in [0.15, 0.2) is 0 Å². The van der Waals surface area contributed by atoms with Crippen LogP contribution in [0, 0.1) is 6.92 Å². The van der Waals surface area contributed by atoms with Crippen LogP contribution in [0.4, 0.5) is 5.69 Å². The average Bonchev–Trinajstić information content (AvgIpc) is 2.64. The molecular weight excluding hydrogens is 350 g/mol. The van der Waals surface area contributed by atoms with Gasteiger partial charge in [-0.2, -0.15) is 5.10 Å². The second-order valence-electron chi connectivity index (χ2n) is 5.68. The molecule has 0 heterocycles.